The summed E-state index contributed by atoms with van der Waals surface area (Å²) in [4.78, 5) is 41.9. The highest BCUT2D eigenvalue weighted by Gasteiger charge is 2.81. The Kier molecular flexibility index (Phi) is 23.3. The largest absolute Gasteiger partial charge is 0.459 e. The second kappa shape index (κ2) is 23.9. The summed E-state index contributed by atoms with van der Waals surface area (Å²) in [6.45, 7) is 11.7. The third-order valence-electron chi connectivity index (χ3n) is 6.02. The van der Waals surface area contributed by atoms with Crippen LogP contribution in [0.3, 0.4) is 0 Å². The molecule has 1 aromatic carbocycles. The van der Waals surface area contributed by atoms with Crippen LogP contribution in [0.4, 0.5) is 83.4 Å². The molecule has 0 N–H and O–H groups in total. The molecule has 0 saturated heterocycles. The van der Waals surface area contributed by atoms with E-state index in [0.29, 0.717) is 6.08 Å². The van der Waals surface area contributed by atoms with E-state index >= 15 is 0 Å². The second-order valence-electron chi connectivity index (χ2n) is 10.4. The van der Waals surface area contributed by atoms with Crippen LogP contribution in [0.25, 0.3) is 6.08 Å². The van der Waals surface area contributed by atoms with Crippen LogP contribution in [-0.4, -0.2) is 91.8 Å². The fourth-order valence-electron chi connectivity index (χ4n) is 2.71. The van der Waals surface area contributed by atoms with Gasteiger partial charge in [0, 0.05) is 31.2 Å². The van der Waals surface area contributed by atoms with Gasteiger partial charge in [0.15, 0.2) is 36.5 Å². The predicted octanol–water partition coefficient (Wildman–Crippen LogP) is 9.55. The Balaban J connectivity index is -0.000000778. The molecular weight excluding hydrogens is 897 g/mol. The van der Waals surface area contributed by atoms with Crippen molar-refractivity contribution in [3.8, 4) is 0 Å². The maximum absolute atomic E-state index is 13.3. The molecule has 8 nitrogen and oxygen atoms in total. The highest BCUT2D eigenvalue weighted by molar-refractivity contribution is 5.82. The number of carbonyl (C=O) groups is 4. The minimum absolute atomic E-state index is 0.0322. The predicted molar refractivity (Wildman–Crippen MR) is 171 cm³/mol. The van der Waals surface area contributed by atoms with E-state index < -0.39 is 119 Å². The molecule has 0 fully saturated rings. The van der Waals surface area contributed by atoms with Crippen LogP contribution in [-0.2, 0) is 38.1 Å². The van der Waals surface area contributed by atoms with Gasteiger partial charge in [-0.25, -0.2) is 41.1 Å². The minimum Gasteiger partial charge on any atom is -0.459 e. The summed E-state index contributed by atoms with van der Waals surface area (Å²) in [6.07, 6.45) is 2.66. The lowest BCUT2D eigenvalue weighted by molar-refractivity contribution is -0.374. The molecule has 0 bridgehead atoms. The Morgan fingerprint density at radius 3 is 0.934 bits per heavy atom. The summed E-state index contributed by atoms with van der Waals surface area (Å²) in [5.41, 5.74) is -1.02. The highest BCUT2D eigenvalue weighted by Crippen LogP contribution is 2.52. The molecule has 61 heavy (non-hydrogen) atoms. The summed E-state index contributed by atoms with van der Waals surface area (Å²) in [5, 5.41) is 0. The molecule has 0 radical (unpaired) electrons. The standard InChI is InChI=1S/C12H10F8O4.C8H3F5.C8H10O4.C6H6F6/c1-3-7(21)23-5-9(13,14)11(17,18)12(19,20)10(15,16)6-24-8(22)4-2;1-2-3-4(9)6(11)8(13)7(12)5(3)10;1-3-7(9)11-5-6-12-8(10)4-2;1-3-5(9,10)6(11,12)4(2,7)8/h3-4H,1-2,5-6H2;2H,1H2;3-4H,1-2,5-6H2;3H,1H2,2H3. The first-order valence-corrected chi connectivity index (χ1v) is 15.0. The Labute approximate surface area is 331 Å². The third kappa shape index (κ3) is 16.3. The summed E-state index contributed by atoms with van der Waals surface area (Å²) in [6, 6.07) is 0. The molecule has 0 amide bonds. The van der Waals surface area contributed by atoms with Crippen molar-refractivity contribution in [3.05, 3.63) is 105 Å². The van der Waals surface area contributed by atoms with E-state index in [9.17, 15) is 103 Å². The first-order chi connectivity index (χ1) is 27.4. The van der Waals surface area contributed by atoms with Crippen molar-refractivity contribution in [3.63, 3.8) is 0 Å². The third-order valence-corrected chi connectivity index (χ3v) is 6.02. The van der Waals surface area contributed by atoms with Gasteiger partial charge in [-0.1, -0.05) is 45.5 Å². The number of allylic oxidation sites excluding steroid dienone is 1. The van der Waals surface area contributed by atoms with E-state index in [2.05, 4.69) is 58.4 Å². The Bertz CT molecular complexity index is 1660. The van der Waals surface area contributed by atoms with Crippen LogP contribution in [0.1, 0.15) is 12.5 Å². The van der Waals surface area contributed by atoms with Crippen LogP contribution >= 0.6 is 0 Å². The number of rotatable bonds is 18. The van der Waals surface area contributed by atoms with Crippen molar-refractivity contribution in [2.45, 2.75) is 48.4 Å². The molecular formula is C34H29F19O8. The molecule has 0 atom stereocenters. The number of carbonyl (C=O) groups excluding carboxylic acids is 4. The fraction of sp³-hybridized carbons (Fsp3) is 0.353. The topological polar surface area (TPSA) is 105 Å². The number of halogens is 19. The van der Waals surface area contributed by atoms with Gasteiger partial charge in [0.25, 0.3) is 0 Å². The Hall–Kier alpha value is -5.79. The van der Waals surface area contributed by atoms with E-state index in [1.54, 1.807) is 0 Å². The summed E-state index contributed by atoms with van der Waals surface area (Å²) in [7, 11) is 0. The van der Waals surface area contributed by atoms with E-state index in [0.717, 1.165) is 12.2 Å². The van der Waals surface area contributed by atoms with Gasteiger partial charge in [0.2, 0.25) is 5.82 Å². The number of alkyl halides is 14. The first kappa shape index (κ1) is 59.5. The number of benzene rings is 1. The van der Waals surface area contributed by atoms with Gasteiger partial charge in [-0.2, -0.15) is 61.5 Å². The molecule has 0 aliphatic carbocycles. The van der Waals surface area contributed by atoms with Gasteiger partial charge in [-0.15, -0.1) is 0 Å². The van der Waals surface area contributed by atoms with Gasteiger partial charge in [0.05, 0.1) is 5.56 Å². The monoisotopic (exact) mass is 926 g/mol. The van der Waals surface area contributed by atoms with Gasteiger partial charge in [0.1, 0.15) is 13.2 Å². The molecule has 0 aromatic heterocycles. The quantitative estimate of drug-likeness (QED) is 0.0210. The number of hydrogen-bond acceptors (Lipinski definition) is 8. The summed E-state index contributed by atoms with van der Waals surface area (Å²) >= 11 is 0. The van der Waals surface area contributed by atoms with E-state index in [1.807, 2.05) is 0 Å². The lowest BCUT2D eigenvalue weighted by Gasteiger charge is -2.36. The summed E-state index contributed by atoms with van der Waals surface area (Å²) < 4.78 is 257. The normalized spacial score (nSPS) is 11.9. The zero-order chi connectivity index (χ0) is 49.2. The SMILES string of the molecule is C=CC(=O)OCC(F)(F)C(F)(F)C(F)(F)C(F)(F)COC(=O)C=C.C=CC(=O)OCCOC(=O)C=C.C=CC(F)(F)C(F)(F)C(C)(F)F.C=Cc1c(F)c(F)c(F)c(F)c1F. The average molecular weight is 927 g/mol. The van der Waals surface area contributed by atoms with Gasteiger partial charge >= 0.3 is 65.3 Å². The Morgan fingerprint density at radius 1 is 0.459 bits per heavy atom. The van der Waals surface area contributed by atoms with Crippen molar-refractivity contribution in [1.29, 1.82) is 0 Å². The molecule has 1 rings (SSSR count). The van der Waals surface area contributed by atoms with Crippen molar-refractivity contribution in [1.82, 2.24) is 0 Å². The van der Waals surface area contributed by atoms with Crippen LogP contribution in [0.2, 0.25) is 0 Å². The molecule has 27 heteroatoms. The van der Waals surface area contributed by atoms with E-state index in [-0.39, 0.29) is 32.3 Å². The lowest BCUT2D eigenvalue weighted by Crippen LogP contribution is -2.64. The molecule has 0 spiro atoms. The summed E-state index contributed by atoms with van der Waals surface area (Å²) in [5.74, 6) is -54.3. The Morgan fingerprint density at radius 2 is 0.721 bits per heavy atom. The minimum atomic E-state index is -6.65. The smallest absolute Gasteiger partial charge is 0.381 e. The number of ether oxygens (including phenoxy) is 4. The first-order valence-electron chi connectivity index (χ1n) is 15.0. The maximum Gasteiger partial charge on any atom is 0.381 e. The molecule has 0 aliphatic heterocycles. The number of esters is 4. The van der Waals surface area contributed by atoms with E-state index in [1.165, 1.54) is 0 Å². The van der Waals surface area contributed by atoms with E-state index in [4.69, 9.17) is 0 Å². The van der Waals surface area contributed by atoms with Crippen molar-refractivity contribution < 1.29 is 122 Å². The fourth-order valence-corrected chi connectivity index (χ4v) is 2.71. The molecule has 0 saturated carbocycles. The van der Waals surface area contributed by atoms with Crippen LogP contribution in [0.5, 0.6) is 0 Å². The van der Waals surface area contributed by atoms with Crippen molar-refractivity contribution in [2.75, 3.05) is 26.4 Å². The highest BCUT2D eigenvalue weighted by atomic mass is 19.4. The second-order valence-corrected chi connectivity index (χ2v) is 10.4. The zero-order valence-corrected chi connectivity index (χ0v) is 30.5. The molecule has 0 unspecified atom stereocenters. The zero-order valence-electron chi connectivity index (χ0n) is 30.5. The lowest BCUT2D eigenvalue weighted by atomic mass is 9.99. The van der Waals surface area contributed by atoms with Gasteiger partial charge < -0.3 is 18.9 Å². The van der Waals surface area contributed by atoms with Gasteiger partial charge in [-0.3, -0.25) is 0 Å². The number of hydrogen-bond donors (Lipinski definition) is 0. The maximum atomic E-state index is 13.3. The van der Waals surface area contributed by atoms with Crippen LogP contribution < -0.4 is 0 Å². The van der Waals surface area contributed by atoms with Crippen LogP contribution in [0, 0.1) is 29.1 Å². The van der Waals surface area contributed by atoms with Crippen molar-refractivity contribution >= 4 is 30.0 Å². The molecule has 1 aromatic rings. The molecule has 346 valence electrons. The van der Waals surface area contributed by atoms with Crippen molar-refractivity contribution in [2.24, 2.45) is 0 Å². The van der Waals surface area contributed by atoms with Gasteiger partial charge in [-0.05, 0) is 6.08 Å². The molecule has 0 aliphatic rings. The van der Waals surface area contributed by atoms with Crippen LogP contribution in [0.15, 0.2) is 69.9 Å². The average Bonchev–Trinajstić information content (AvgIpc) is 3.18. The molecule has 0 heterocycles.